The molecule has 0 atom stereocenters. The number of amides is 1. The van der Waals surface area contributed by atoms with Crippen molar-refractivity contribution in [2.75, 3.05) is 0 Å². The molecule has 0 spiro atoms. The topological polar surface area (TPSA) is 42.0 Å². The van der Waals surface area contributed by atoms with Gasteiger partial charge in [-0.15, -0.1) is 0 Å². The molecule has 15 heavy (non-hydrogen) atoms. The van der Waals surface area contributed by atoms with Crippen LogP contribution >= 0.6 is 34.2 Å². The minimum atomic E-state index is -0.274. The average Bonchev–Trinajstić information content (AvgIpc) is 2.06. The van der Waals surface area contributed by atoms with Crippen LogP contribution in [0.25, 0.3) is 0 Å². The van der Waals surface area contributed by atoms with Crippen molar-refractivity contribution in [2.45, 2.75) is 26.3 Å². The Morgan fingerprint density at radius 1 is 1.53 bits per heavy atom. The maximum absolute atomic E-state index is 11.8. The van der Waals surface area contributed by atoms with E-state index in [-0.39, 0.29) is 11.4 Å². The van der Waals surface area contributed by atoms with Crippen LogP contribution in [-0.2, 0) is 0 Å². The van der Waals surface area contributed by atoms with Gasteiger partial charge in [-0.1, -0.05) is 11.6 Å². The zero-order valence-corrected chi connectivity index (χ0v) is 11.7. The number of aromatic nitrogens is 1. The molecule has 0 aliphatic carbocycles. The monoisotopic (exact) mass is 338 g/mol. The molecule has 1 amide bonds. The summed E-state index contributed by atoms with van der Waals surface area (Å²) in [6, 6.07) is 1.66. The molecule has 0 saturated heterocycles. The number of hydrogen-bond donors (Lipinski definition) is 1. The van der Waals surface area contributed by atoms with E-state index in [0.29, 0.717) is 14.3 Å². The molecule has 0 bridgehead atoms. The van der Waals surface area contributed by atoms with Crippen LogP contribution in [0.2, 0.25) is 5.02 Å². The molecule has 1 aromatic rings. The normalized spacial score (nSPS) is 11.3. The molecular formula is C10H12ClIN2O. The van der Waals surface area contributed by atoms with Crippen molar-refractivity contribution in [1.82, 2.24) is 10.3 Å². The molecule has 0 saturated carbocycles. The molecule has 1 heterocycles. The maximum Gasteiger partial charge on any atom is 0.271 e. The van der Waals surface area contributed by atoms with Crippen LogP contribution in [0.3, 0.4) is 0 Å². The summed E-state index contributed by atoms with van der Waals surface area (Å²) in [5.41, 5.74) is 0.0995. The molecule has 1 N–H and O–H groups in total. The second kappa shape index (κ2) is 4.65. The van der Waals surface area contributed by atoms with E-state index in [2.05, 4.69) is 10.3 Å². The summed E-state index contributed by atoms with van der Waals surface area (Å²) in [6.45, 7) is 5.76. The fourth-order valence-electron chi connectivity index (χ4n) is 0.978. The summed E-state index contributed by atoms with van der Waals surface area (Å²) in [4.78, 5) is 15.8. The molecule has 0 aromatic carbocycles. The lowest BCUT2D eigenvalue weighted by molar-refractivity contribution is 0.0913. The Morgan fingerprint density at radius 3 is 2.67 bits per heavy atom. The molecular weight excluding hydrogens is 326 g/mol. The molecule has 0 aliphatic rings. The molecule has 1 aromatic heterocycles. The van der Waals surface area contributed by atoms with Crippen molar-refractivity contribution in [3.63, 3.8) is 0 Å². The van der Waals surface area contributed by atoms with Crippen LogP contribution in [0.4, 0.5) is 0 Å². The lowest BCUT2D eigenvalue weighted by Gasteiger charge is -2.20. The van der Waals surface area contributed by atoms with Gasteiger partial charge in [-0.3, -0.25) is 4.79 Å². The van der Waals surface area contributed by atoms with Gasteiger partial charge in [0.1, 0.15) is 5.69 Å². The number of rotatable bonds is 1. The smallest absolute Gasteiger partial charge is 0.271 e. The Labute approximate surface area is 108 Å². The highest BCUT2D eigenvalue weighted by Crippen LogP contribution is 2.20. The molecule has 5 heteroatoms. The van der Waals surface area contributed by atoms with Crippen molar-refractivity contribution >= 4 is 40.1 Å². The van der Waals surface area contributed by atoms with Crippen LogP contribution in [-0.4, -0.2) is 16.4 Å². The van der Waals surface area contributed by atoms with E-state index >= 15 is 0 Å². The van der Waals surface area contributed by atoms with E-state index in [1.165, 1.54) is 6.20 Å². The predicted molar refractivity (Wildman–Crippen MR) is 69.2 cm³/mol. The first-order valence-electron chi connectivity index (χ1n) is 4.44. The summed E-state index contributed by atoms with van der Waals surface area (Å²) >= 11 is 7.92. The van der Waals surface area contributed by atoms with Gasteiger partial charge in [0, 0.05) is 11.7 Å². The van der Waals surface area contributed by atoms with Gasteiger partial charge >= 0.3 is 0 Å². The lowest BCUT2D eigenvalue weighted by Crippen LogP contribution is -2.41. The fourth-order valence-corrected chi connectivity index (χ4v) is 1.69. The van der Waals surface area contributed by atoms with Crippen molar-refractivity contribution in [1.29, 1.82) is 0 Å². The van der Waals surface area contributed by atoms with Crippen molar-refractivity contribution in [2.24, 2.45) is 0 Å². The zero-order chi connectivity index (χ0) is 11.6. The number of hydrogen-bond acceptors (Lipinski definition) is 2. The van der Waals surface area contributed by atoms with Gasteiger partial charge in [-0.2, -0.15) is 0 Å². The minimum Gasteiger partial charge on any atom is -0.346 e. The van der Waals surface area contributed by atoms with Crippen LogP contribution in [0.15, 0.2) is 12.3 Å². The Hall–Kier alpha value is -0.360. The van der Waals surface area contributed by atoms with Gasteiger partial charge < -0.3 is 5.32 Å². The van der Waals surface area contributed by atoms with E-state index < -0.39 is 0 Å². The fraction of sp³-hybridized carbons (Fsp3) is 0.400. The first kappa shape index (κ1) is 12.7. The van der Waals surface area contributed by atoms with E-state index in [9.17, 15) is 4.79 Å². The van der Waals surface area contributed by atoms with Gasteiger partial charge in [0.05, 0.1) is 8.59 Å². The Morgan fingerprint density at radius 2 is 2.13 bits per heavy atom. The van der Waals surface area contributed by atoms with E-state index in [0.717, 1.165) is 0 Å². The molecule has 0 aliphatic heterocycles. The van der Waals surface area contributed by atoms with E-state index in [1.54, 1.807) is 6.07 Å². The summed E-state index contributed by atoms with van der Waals surface area (Å²) < 4.78 is 0.679. The molecule has 0 unspecified atom stereocenters. The number of pyridine rings is 1. The highest BCUT2D eigenvalue weighted by Gasteiger charge is 2.19. The summed E-state index contributed by atoms with van der Waals surface area (Å²) in [6.07, 6.45) is 1.53. The second-order valence-electron chi connectivity index (χ2n) is 4.16. The molecule has 0 radical (unpaired) electrons. The standard InChI is InChI=1S/C10H12ClIN2O/c1-10(2,3)14-9(15)8-7(12)6(11)4-5-13-8/h4-5H,1-3H3,(H,14,15). The number of nitrogens with zero attached hydrogens (tertiary/aromatic N) is 1. The Balaban J connectivity index is 2.97. The van der Waals surface area contributed by atoms with E-state index in [4.69, 9.17) is 11.6 Å². The Kier molecular flexibility index (Phi) is 3.94. The molecule has 82 valence electrons. The predicted octanol–water partition coefficient (Wildman–Crippen LogP) is 2.87. The zero-order valence-electron chi connectivity index (χ0n) is 8.77. The molecule has 0 fully saturated rings. The summed E-state index contributed by atoms with van der Waals surface area (Å²) in [7, 11) is 0. The van der Waals surface area contributed by atoms with Crippen molar-refractivity contribution < 1.29 is 4.79 Å². The average molecular weight is 339 g/mol. The van der Waals surface area contributed by atoms with Crippen LogP contribution in [0.5, 0.6) is 0 Å². The highest BCUT2D eigenvalue weighted by atomic mass is 127. The Bertz CT molecular complexity index is 387. The first-order valence-corrected chi connectivity index (χ1v) is 5.89. The summed E-state index contributed by atoms with van der Waals surface area (Å²) in [5, 5.41) is 3.38. The van der Waals surface area contributed by atoms with Gasteiger partial charge in [0.15, 0.2) is 0 Å². The van der Waals surface area contributed by atoms with Gasteiger partial charge in [0.2, 0.25) is 0 Å². The summed E-state index contributed by atoms with van der Waals surface area (Å²) in [5.74, 6) is -0.200. The third kappa shape index (κ3) is 3.61. The number of carbonyl (C=O) groups excluding carboxylic acids is 1. The van der Waals surface area contributed by atoms with Crippen LogP contribution < -0.4 is 5.32 Å². The minimum absolute atomic E-state index is 0.200. The van der Waals surface area contributed by atoms with Gasteiger partial charge in [-0.25, -0.2) is 4.98 Å². The maximum atomic E-state index is 11.8. The van der Waals surface area contributed by atoms with E-state index in [1.807, 2.05) is 43.4 Å². The number of nitrogens with one attached hydrogen (secondary N) is 1. The highest BCUT2D eigenvalue weighted by molar-refractivity contribution is 14.1. The lowest BCUT2D eigenvalue weighted by atomic mass is 10.1. The first-order chi connectivity index (χ1) is 6.81. The van der Waals surface area contributed by atoms with Crippen molar-refractivity contribution in [3.05, 3.63) is 26.5 Å². The molecule has 1 rings (SSSR count). The SMILES string of the molecule is CC(C)(C)NC(=O)c1nccc(Cl)c1I. The third-order valence-electron chi connectivity index (χ3n) is 1.55. The number of carbonyl (C=O) groups is 1. The second-order valence-corrected chi connectivity index (χ2v) is 5.65. The largest absolute Gasteiger partial charge is 0.346 e. The third-order valence-corrected chi connectivity index (χ3v) is 3.27. The number of halogens is 2. The quantitative estimate of drug-likeness (QED) is 0.800. The van der Waals surface area contributed by atoms with Crippen LogP contribution in [0.1, 0.15) is 31.3 Å². The van der Waals surface area contributed by atoms with Crippen molar-refractivity contribution in [3.8, 4) is 0 Å². The van der Waals surface area contributed by atoms with Crippen LogP contribution in [0, 0.1) is 3.57 Å². The van der Waals surface area contributed by atoms with Gasteiger partial charge in [0.25, 0.3) is 5.91 Å². The molecule has 3 nitrogen and oxygen atoms in total. The van der Waals surface area contributed by atoms with Gasteiger partial charge in [-0.05, 0) is 49.4 Å².